The minimum atomic E-state index is -0.288. The molecule has 2 rings (SSSR count). The van der Waals surface area contributed by atoms with Crippen molar-refractivity contribution in [1.29, 1.82) is 0 Å². The van der Waals surface area contributed by atoms with Gasteiger partial charge in [-0.25, -0.2) is 0 Å². The molecule has 2 amide bonds. The van der Waals surface area contributed by atoms with E-state index in [2.05, 4.69) is 17.6 Å². The average Bonchev–Trinajstić information content (AvgIpc) is 2.67. The van der Waals surface area contributed by atoms with Crippen molar-refractivity contribution in [2.75, 3.05) is 18.5 Å². The number of hydrogen-bond donors (Lipinski definition) is 2. The molecule has 0 fully saturated rings. The molecule has 5 nitrogen and oxygen atoms in total. The lowest BCUT2D eigenvalue weighted by Gasteiger charge is -2.12. The molecule has 2 aromatic rings. The fourth-order valence-electron chi connectivity index (χ4n) is 2.70. The highest BCUT2D eigenvalue weighted by Crippen LogP contribution is 2.19. The summed E-state index contributed by atoms with van der Waals surface area (Å²) in [5.41, 5.74) is 3.27. The van der Waals surface area contributed by atoms with Gasteiger partial charge in [0.05, 0.1) is 13.2 Å². The first kappa shape index (κ1) is 20.5. The van der Waals surface area contributed by atoms with Gasteiger partial charge in [0.2, 0.25) is 5.91 Å². The molecule has 2 aromatic carbocycles. The number of anilines is 1. The first-order valence-corrected chi connectivity index (χ1v) is 9.38. The third-order valence-electron chi connectivity index (χ3n) is 4.29. The van der Waals surface area contributed by atoms with Crippen molar-refractivity contribution in [2.45, 2.75) is 40.0 Å². The van der Waals surface area contributed by atoms with Crippen molar-refractivity contribution in [2.24, 2.45) is 0 Å². The van der Waals surface area contributed by atoms with E-state index in [9.17, 15) is 9.59 Å². The second-order valence-electron chi connectivity index (χ2n) is 6.58. The Morgan fingerprint density at radius 3 is 2.26 bits per heavy atom. The number of ether oxygens (including phenoxy) is 1. The minimum Gasteiger partial charge on any atom is -0.494 e. The molecule has 0 saturated carbocycles. The molecule has 0 aliphatic heterocycles. The lowest BCUT2D eigenvalue weighted by atomic mass is 10.1. The van der Waals surface area contributed by atoms with Gasteiger partial charge in [-0.2, -0.15) is 0 Å². The van der Waals surface area contributed by atoms with Gasteiger partial charge in [0.25, 0.3) is 5.91 Å². The molecule has 0 aromatic heterocycles. The van der Waals surface area contributed by atoms with Crippen molar-refractivity contribution in [3.05, 3.63) is 59.2 Å². The Morgan fingerprint density at radius 2 is 1.63 bits per heavy atom. The first-order chi connectivity index (χ1) is 13.0. The number of benzene rings is 2. The van der Waals surface area contributed by atoms with Crippen LogP contribution in [0, 0.1) is 13.8 Å². The van der Waals surface area contributed by atoms with E-state index in [0.717, 1.165) is 41.8 Å². The van der Waals surface area contributed by atoms with E-state index in [1.165, 1.54) is 0 Å². The number of aryl methyl sites for hydroxylation is 2. The molecule has 0 aliphatic carbocycles. The van der Waals surface area contributed by atoms with Gasteiger partial charge in [-0.05, 0) is 55.7 Å². The molecular formula is C22H28N2O3. The summed E-state index contributed by atoms with van der Waals surface area (Å²) in [6, 6.07) is 12.8. The highest BCUT2D eigenvalue weighted by molar-refractivity contribution is 5.99. The van der Waals surface area contributed by atoms with Crippen molar-refractivity contribution in [1.82, 2.24) is 5.32 Å². The molecule has 0 atom stereocenters. The van der Waals surface area contributed by atoms with E-state index in [-0.39, 0.29) is 18.4 Å². The largest absolute Gasteiger partial charge is 0.494 e. The predicted molar refractivity (Wildman–Crippen MR) is 108 cm³/mol. The van der Waals surface area contributed by atoms with E-state index in [1.807, 2.05) is 32.0 Å². The lowest BCUT2D eigenvalue weighted by Crippen LogP contribution is -2.33. The summed E-state index contributed by atoms with van der Waals surface area (Å²) in [4.78, 5) is 24.3. The molecule has 0 radical (unpaired) electrons. The Bertz CT molecular complexity index is 749. The minimum absolute atomic E-state index is 0.0815. The summed E-state index contributed by atoms with van der Waals surface area (Å²) < 4.78 is 5.63. The SMILES string of the molecule is CCCCCOc1ccc(C(=O)NCC(=O)Nc2c(C)cccc2C)cc1. The summed E-state index contributed by atoms with van der Waals surface area (Å²) in [5.74, 6) is 0.205. The van der Waals surface area contributed by atoms with Crippen LogP contribution in [0.3, 0.4) is 0 Å². The third kappa shape index (κ3) is 6.44. The molecule has 0 saturated heterocycles. The Balaban J connectivity index is 1.82. The van der Waals surface area contributed by atoms with Gasteiger partial charge in [-0.15, -0.1) is 0 Å². The summed E-state index contributed by atoms with van der Waals surface area (Å²) in [5, 5.41) is 5.50. The van der Waals surface area contributed by atoms with Gasteiger partial charge in [0.1, 0.15) is 5.75 Å². The molecule has 5 heteroatoms. The van der Waals surface area contributed by atoms with Gasteiger partial charge >= 0.3 is 0 Å². The fraction of sp³-hybridized carbons (Fsp3) is 0.364. The summed E-state index contributed by atoms with van der Waals surface area (Å²) in [6.07, 6.45) is 3.32. The third-order valence-corrected chi connectivity index (χ3v) is 4.29. The summed E-state index contributed by atoms with van der Waals surface area (Å²) >= 11 is 0. The van der Waals surface area contributed by atoms with E-state index < -0.39 is 0 Å². The van der Waals surface area contributed by atoms with Crippen LogP contribution in [0.5, 0.6) is 5.75 Å². The van der Waals surface area contributed by atoms with Crippen LogP contribution in [0.25, 0.3) is 0 Å². The van der Waals surface area contributed by atoms with Gasteiger partial charge in [-0.3, -0.25) is 9.59 Å². The zero-order valence-corrected chi connectivity index (χ0v) is 16.3. The van der Waals surface area contributed by atoms with Crippen LogP contribution < -0.4 is 15.4 Å². The van der Waals surface area contributed by atoms with Gasteiger partial charge in [0.15, 0.2) is 0 Å². The normalized spacial score (nSPS) is 10.3. The number of para-hydroxylation sites is 1. The maximum absolute atomic E-state index is 12.2. The van der Waals surface area contributed by atoms with Crippen molar-refractivity contribution < 1.29 is 14.3 Å². The van der Waals surface area contributed by atoms with Crippen molar-refractivity contribution >= 4 is 17.5 Å². The Labute approximate surface area is 161 Å². The molecule has 0 spiro atoms. The zero-order valence-electron chi connectivity index (χ0n) is 16.3. The van der Waals surface area contributed by atoms with Crippen molar-refractivity contribution in [3.63, 3.8) is 0 Å². The number of carbonyl (C=O) groups excluding carboxylic acids is 2. The number of unbranched alkanes of at least 4 members (excludes halogenated alkanes) is 2. The van der Waals surface area contributed by atoms with Crippen LogP contribution >= 0.6 is 0 Å². The first-order valence-electron chi connectivity index (χ1n) is 9.38. The van der Waals surface area contributed by atoms with E-state index in [4.69, 9.17) is 4.74 Å². The summed E-state index contributed by atoms with van der Waals surface area (Å²) in [7, 11) is 0. The average molecular weight is 368 g/mol. The van der Waals surface area contributed by atoms with Gasteiger partial charge in [-0.1, -0.05) is 38.0 Å². The Hall–Kier alpha value is -2.82. The van der Waals surface area contributed by atoms with Crippen molar-refractivity contribution in [3.8, 4) is 5.75 Å². The standard InChI is InChI=1S/C22H28N2O3/c1-4-5-6-14-27-19-12-10-18(11-13-19)22(26)23-15-20(25)24-21-16(2)8-7-9-17(21)3/h7-13H,4-6,14-15H2,1-3H3,(H,23,26)(H,24,25). The quantitative estimate of drug-likeness (QED) is 0.651. The Kier molecular flexibility index (Phi) is 7.86. The van der Waals surface area contributed by atoms with E-state index >= 15 is 0 Å². The van der Waals surface area contributed by atoms with Gasteiger partial charge in [0, 0.05) is 11.3 Å². The molecule has 0 unspecified atom stereocenters. The number of rotatable bonds is 9. The van der Waals surface area contributed by atoms with Crippen LogP contribution in [0.2, 0.25) is 0 Å². The maximum Gasteiger partial charge on any atom is 0.251 e. The predicted octanol–water partition coefficient (Wildman–Crippen LogP) is 4.24. The maximum atomic E-state index is 12.2. The summed E-state index contributed by atoms with van der Waals surface area (Å²) in [6.45, 7) is 6.62. The van der Waals surface area contributed by atoms with Crippen LogP contribution in [-0.2, 0) is 4.79 Å². The fourth-order valence-corrected chi connectivity index (χ4v) is 2.70. The van der Waals surface area contributed by atoms with Crippen LogP contribution in [0.4, 0.5) is 5.69 Å². The molecule has 2 N–H and O–H groups in total. The zero-order chi connectivity index (χ0) is 19.6. The number of carbonyl (C=O) groups is 2. The van der Waals surface area contributed by atoms with Crippen LogP contribution in [0.15, 0.2) is 42.5 Å². The molecule has 0 aliphatic rings. The van der Waals surface area contributed by atoms with Crippen LogP contribution in [0.1, 0.15) is 47.7 Å². The molecule has 0 bridgehead atoms. The van der Waals surface area contributed by atoms with Crippen LogP contribution in [-0.4, -0.2) is 25.0 Å². The topological polar surface area (TPSA) is 67.4 Å². The molecule has 27 heavy (non-hydrogen) atoms. The molecular weight excluding hydrogens is 340 g/mol. The number of hydrogen-bond acceptors (Lipinski definition) is 3. The number of nitrogens with one attached hydrogen (secondary N) is 2. The highest BCUT2D eigenvalue weighted by Gasteiger charge is 2.10. The Morgan fingerprint density at radius 1 is 0.963 bits per heavy atom. The lowest BCUT2D eigenvalue weighted by molar-refractivity contribution is -0.115. The highest BCUT2D eigenvalue weighted by atomic mass is 16.5. The monoisotopic (exact) mass is 368 g/mol. The smallest absolute Gasteiger partial charge is 0.251 e. The van der Waals surface area contributed by atoms with E-state index in [0.29, 0.717) is 12.2 Å². The van der Waals surface area contributed by atoms with Gasteiger partial charge < -0.3 is 15.4 Å². The number of amides is 2. The second kappa shape index (κ2) is 10.4. The molecule has 144 valence electrons. The van der Waals surface area contributed by atoms with E-state index in [1.54, 1.807) is 24.3 Å². The second-order valence-corrected chi connectivity index (χ2v) is 6.58. The molecule has 0 heterocycles.